The predicted molar refractivity (Wildman–Crippen MR) is 125 cm³/mol. The molecule has 9 nitrogen and oxygen atoms in total. The Morgan fingerprint density at radius 1 is 0.949 bits per heavy atom. The van der Waals surface area contributed by atoms with Gasteiger partial charge in [0, 0.05) is 31.3 Å². The van der Waals surface area contributed by atoms with Crippen LogP contribution < -0.4 is 24.4 Å². The summed E-state index contributed by atoms with van der Waals surface area (Å²) in [6.45, 7) is 0. The lowest BCUT2D eigenvalue weighted by Crippen LogP contribution is -2.52. The van der Waals surface area contributed by atoms with Gasteiger partial charge < -0.3 is 19.7 Å². The quantitative estimate of drug-likeness (QED) is 0.419. The van der Waals surface area contributed by atoms with Gasteiger partial charge in [0.15, 0.2) is 11.5 Å². The van der Waals surface area contributed by atoms with Crippen LogP contribution in [0.5, 0.6) is 11.5 Å². The minimum Gasteiger partial charge on any atom is -0.395 e. The zero-order valence-corrected chi connectivity index (χ0v) is 20.6. The first-order chi connectivity index (χ1) is 18.2. The average Bonchev–Trinajstić information content (AvgIpc) is 3.14. The van der Waals surface area contributed by atoms with Crippen LogP contribution in [0, 0.1) is 17.5 Å². The van der Waals surface area contributed by atoms with Crippen LogP contribution in [0.2, 0.25) is 0 Å². The van der Waals surface area contributed by atoms with Gasteiger partial charge in [-0.25, -0.2) is 31.1 Å². The number of sulfonamides is 1. The van der Waals surface area contributed by atoms with E-state index in [-0.39, 0.29) is 22.7 Å². The molecule has 3 aromatic carbocycles. The molecule has 3 amide bonds. The Balaban J connectivity index is 1.59. The van der Waals surface area contributed by atoms with Crippen molar-refractivity contribution in [3.05, 3.63) is 83.7 Å². The standard InChI is InChI=1S/C24H18F5N3O6S/c1-32(16-6-7-19-20(12-16)38-24(28,29)37-19)22(33)18(10-13-8-14(25)11-15(26)9-13)30-23(34)31-39(35,36)21-5-3-2-4-17(21)27/h2-9,11-12,18H,10H2,1H3,(H2,30,31,34). The van der Waals surface area contributed by atoms with Crippen molar-refractivity contribution in [2.75, 3.05) is 11.9 Å². The van der Waals surface area contributed by atoms with Gasteiger partial charge >= 0.3 is 12.3 Å². The van der Waals surface area contributed by atoms with Gasteiger partial charge in [-0.15, -0.1) is 8.78 Å². The number of alkyl halides is 2. The third-order valence-corrected chi connectivity index (χ3v) is 6.79. The second-order valence-corrected chi connectivity index (χ2v) is 9.89. The SMILES string of the molecule is CN(C(=O)C(Cc1cc(F)cc(F)c1)NC(=O)NS(=O)(=O)c1ccccc1F)c1ccc2c(c1)OC(F)(F)O2. The number of nitrogens with zero attached hydrogens (tertiary/aromatic N) is 1. The molecule has 1 aliphatic heterocycles. The summed E-state index contributed by atoms with van der Waals surface area (Å²) in [6, 6.07) is 6.86. The molecule has 39 heavy (non-hydrogen) atoms. The van der Waals surface area contributed by atoms with Crippen molar-refractivity contribution in [1.82, 2.24) is 10.0 Å². The number of anilines is 1. The van der Waals surface area contributed by atoms with Crippen molar-refractivity contribution < 1.29 is 49.4 Å². The molecule has 1 aliphatic rings. The molecule has 0 fully saturated rings. The van der Waals surface area contributed by atoms with E-state index in [1.165, 1.54) is 25.2 Å². The molecular weight excluding hydrogens is 553 g/mol. The molecule has 0 aliphatic carbocycles. The van der Waals surface area contributed by atoms with Crippen molar-refractivity contribution >= 4 is 27.6 Å². The number of carbonyl (C=O) groups is 2. The van der Waals surface area contributed by atoms with Crippen LogP contribution in [0.25, 0.3) is 0 Å². The molecule has 206 valence electrons. The number of likely N-dealkylation sites (N-methyl/N-ethyl adjacent to an activating group) is 1. The molecule has 0 saturated heterocycles. The number of amides is 3. The normalized spacial score (nSPS) is 14.4. The molecule has 2 N–H and O–H groups in total. The zero-order chi connectivity index (χ0) is 28.5. The van der Waals surface area contributed by atoms with Crippen LogP contribution in [0.1, 0.15) is 5.56 Å². The number of ether oxygens (including phenoxy) is 2. The van der Waals surface area contributed by atoms with Gasteiger partial charge in [0.25, 0.3) is 10.0 Å². The van der Waals surface area contributed by atoms with Gasteiger partial charge in [-0.05, 0) is 42.0 Å². The van der Waals surface area contributed by atoms with E-state index >= 15 is 0 Å². The van der Waals surface area contributed by atoms with E-state index in [9.17, 15) is 40.0 Å². The second kappa shape index (κ2) is 10.4. The van der Waals surface area contributed by atoms with E-state index < -0.39 is 63.1 Å². The molecule has 0 bridgehead atoms. The second-order valence-electron chi connectivity index (χ2n) is 8.24. The Morgan fingerprint density at radius 3 is 2.26 bits per heavy atom. The van der Waals surface area contributed by atoms with E-state index in [0.717, 1.165) is 41.3 Å². The summed E-state index contributed by atoms with van der Waals surface area (Å²) in [5.41, 5.74) is -0.0847. The number of hydrogen-bond acceptors (Lipinski definition) is 6. The number of fused-ring (bicyclic) bond motifs is 1. The summed E-state index contributed by atoms with van der Waals surface area (Å²) in [6.07, 6.45) is -4.44. The molecule has 15 heteroatoms. The van der Waals surface area contributed by atoms with Crippen LogP contribution in [-0.4, -0.2) is 39.7 Å². The van der Waals surface area contributed by atoms with Crippen LogP contribution in [0.4, 0.5) is 32.4 Å². The molecule has 1 unspecified atom stereocenters. The summed E-state index contributed by atoms with van der Waals surface area (Å²) in [5.74, 6) is -4.73. The van der Waals surface area contributed by atoms with Gasteiger partial charge in [-0.1, -0.05) is 12.1 Å². The summed E-state index contributed by atoms with van der Waals surface area (Å²) in [4.78, 5) is 26.0. The van der Waals surface area contributed by atoms with Gasteiger partial charge in [0.05, 0.1) is 0 Å². The number of rotatable bonds is 7. The predicted octanol–water partition coefficient (Wildman–Crippen LogP) is 3.69. The fraction of sp³-hybridized carbons (Fsp3) is 0.167. The maximum Gasteiger partial charge on any atom is 0.586 e. The van der Waals surface area contributed by atoms with Crippen LogP contribution in [0.15, 0.2) is 65.6 Å². The van der Waals surface area contributed by atoms with Crippen LogP contribution >= 0.6 is 0 Å². The van der Waals surface area contributed by atoms with Gasteiger partial charge in [-0.2, -0.15) is 0 Å². The molecule has 3 aromatic rings. The number of hydrogen-bond donors (Lipinski definition) is 2. The van der Waals surface area contributed by atoms with Crippen molar-refractivity contribution in [2.45, 2.75) is 23.7 Å². The summed E-state index contributed by atoms with van der Waals surface area (Å²) in [5, 5.41) is 2.10. The third-order valence-electron chi connectivity index (χ3n) is 5.42. The fourth-order valence-corrected chi connectivity index (χ4v) is 4.69. The summed E-state index contributed by atoms with van der Waals surface area (Å²) in [7, 11) is -3.52. The van der Waals surface area contributed by atoms with Crippen molar-refractivity contribution in [2.24, 2.45) is 0 Å². The van der Waals surface area contributed by atoms with Crippen molar-refractivity contribution in [3.8, 4) is 11.5 Å². The topological polar surface area (TPSA) is 114 Å². The molecule has 0 radical (unpaired) electrons. The Labute approximate surface area is 218 Å². The molecule has 4 rings (SSSR count). The van der Waals surface area contributed by atoms with E-state index in [1.54, 1.807) is 4.72 Å². The van der Waals surface area contributed by atoms with E-state index in [4.69, 9.17) is 0 Å². The number of urea groups is 1. The smallest absolute Gasteiger partial charge is 0.395 e. The lowest BCUT2D eigenvalue weighted by atomic mass is 10.0. The number of carbonyl (C=O) groups excluding carboxylic acids is 2. The fourth-order valence-electron chi connectivity index (χ4n) is 3.70. The van der Waals surface area contributed by atoms with Crippen molar-refractivity contribution in [3.63, 3.8) is 0 Å². The third kappa shape index (κ3) is 6.37. The van der Waals surface area contributed by atoms with Crippen LogP contribution in [0.3, 0.4) is 0 Å². The first kappa shape index (κ1) is 27.6. The number of nitrogens with one attached hydrogen (secondary N) is 2. The minimum atomic E-state index is -4.72. The minimum absolute atomic E-state index is 0.00309. The lowest BCUT2D eigenvalue weighted by molar-refractivity contribution is -0.286. The van der Waals surface area contributed by atoms with Crippen LogP contribution in [-0.2, 0) is 21.2 Å². The van der Waals surface area contributed by atoms with Crippen molar-refractivity contribution in [1.29, 1.82) is 0 Å². The number of benzene rings is 3. The Kier molecular flexibility index (Phi) is 7.37. The highest BCUT2D eigenvalue weighted by Crippen LogP contribution is 2.42. The summed E-state index contributed by atoms with van der Waals surface area (Å²) < 4.78 is 103. The van der Waals surface area contributed by atoms with E-state index in [1.807, 2.05) is 0 Å². The Bertz CT molecular complexity index is 1530. The number of halogens is 5. The highest BCUT2D eigenvalue weighted by Gasteiger charge is 2.43. The first-order valence-corrected chi connectivity index (χ1v) is 12.4. The molecular formula is C24H18F5N3O6S. The Hall–Kier alpha value is -4.40. The monoisotopic (exact) mass is 571 g/mol. The molecule has 0 saturated carbocycles. The van der Waals surface area contributed by atoms with E-state index in [0.29, 0.717) is 6.07 Å². The maximum atomic E-state index is 14.0. The Morgan fingerprint density at radius 2 is 1.59 bits per heavy atom. The average molecular weight is 571 g/mol. The lowest BCUT2D eigenvalue weighted by Gasteiger charge is -2.25. The molecule has 1 atom stereocenters. The highest BCUT2D eigenvalue weighted by atomic mass is 32.2. The molecule has 0 aromatic heterocycles. The maximum absolute atomic E-state index is 14.0. The largest absolute Gasteiger partial charge is 0.586 e. The highest BCUT2D eigenvalue weighted by molar-refractivity contribution is 7.90. The van der Waals surface area contributed by atoms with Gasteiger partial charge in [0.1, 0.15) is 28.4 Å². The van der Waals surface area contributed by atoms with Gasteiger partial charge in [-0.3, -0.25) is 4.79 Å². The van der Waals surface area contributed by atoms with E-state index in [2.05, 4.69) is 14.8 Å². The summed E-state index contributed by atoms with van der Waals surface area (Å²) >= 11 is 0. The van der Waals surface area contributed by atoms with Gasteiger partial charge in [0.2, 0.25) is 5.91 Å². The molecule has 1 heterocycles. The first-order valence-electron chi connectivity index (χ1n) is 10.9. The molecule has 0 spiro atoms. The zero-order valence-electron chi connectivity index (χ0n) is 19.8.